The quantitative estimate of drug-likeness (QED) is 0.129. The summed E-state index contributed by atoms with van der Waals surface area (Å²) in [5.41, 5.74) is 1.49. The minimum Gasteiger partial charge on any atom is -0.481 e. The van der Waals surface area contributed by atoms with E-state index in [1.807, 2.05) is 6.07 Å². The summed E-state index contributed by atoms with van der Waals surface area (Å²) < 4.78 is 10.4. The van der Waals surface area contributed by atoms with Crippen LogP contribution in [0.2, 0.25) is 10.0 Å². The fraction of sp³-hybridized carbons (Fsp3) is 0.265. The van der Waals surface area contributed by atoms with Crippen LogP contribution < -0.4 is 15.5 Å². The second-order valence-electron chi connectivity index (χ2n) is 11.5. The second-order valence-corrected chi connectivity index (χ2v) is 12.3. The second kappa shape index (κ2) is 17.4. The molecule has 0 unspecified atom stereocenters. The third-order valence-electron chi connectivity index (χ3n) is 7.96. The Morgan fingerprint density at radius 3 is 2.31 bits per heavy atom. The smallest absolute Gasteiger partial charge is 0.408 e. The lowest BCUT2D eigenvalue weighted by Crippen LogP contribution is -2.57. The summed E-state index contributed by atoms with van der Waals surface area (Å²) in [4.78, 5) is 79.9. The van der Waals surface area contributed by atoms with Gasteiger partial charge in [-0.2, -0.15) is 5.21 Å². The number of rotatable bonds is 15. The molecule has 0 bridgehead atoms. The fourth-order valence-corrected chi connectivity index (χ4v) is 6.00. The van der Waals surface area contributed by atoms with Crippen molar-refractivity contribution < 1.29 is 43.3 Å². The zero-order valence-corrected chi connectivity index (χ0v) is 28.7. The number of nitrogens with one attached hydrogen (secondary N) is 3. The van der Waals surface area contributed by atoms with Crippen LogP contribution in [0, 0.1) is 0 Å². The third kappa shape index (κ3) is 9.46. The van der Waals surface area contributed by atoms with E-state index in [0.717, 1.165) is 0 Å². The Balaban J connectivity index is 1.34. The van der Waals surface area contributed by atoms with E-state index in [0.29, 0.717) is 16.8 Å². The lowest BCUT2D eigenvalue weighted by atomic mass is 10.1. The number of aryl methyl sites for hydroxylation is 1. The number of Topliss-reactive ketones (excluding diaryl/α,β-unsaturated/α-hetero) is 1. The number of ketones is 1. The number of amides is 3. The van der Waals surface area contributed by atoms with Crippen LogP contribution in [0.4, 0.5) is 10.5 Å². The molecule has 0 spiro atoms. The normalized spacial score (nSPS) is 14.4. The highest BCUT2D eigenvalue weighted by atomic mass is 35.5. The molecular weight excluding hydrogens is 721 g/mol. The Morgan fingerprint density at radius 1 is 0.904 bits per heavy atom. The molecule has 3 aromatic carbocycles. The van der Waals surface area contributed by atoms with Crippen molar-refractivity contribution in [2.45, 2.75) is 50.4 Å². The number of aromatic amines is 1. The number of carbonyl (C=O) groups excluding carboxylic acids is 5. The first-order chi connectivity index (χ1) is 25.0. The summed E-state index contributed by atoms with van der Waals surface area (Å²) in [6.07, 6.45) is -1.68. The molecule has 1 aliphatic rings. The average Bonchev–Trinajstić information content (AvgIpc) is 3.79. The average molecular weight is 753 g/mol. The number of hydrogen-bond donors (Lipinski definition) is 4. The van der Waals surface area contributed by atoms with E-state index in [-0.39, 0.29) is 47.3 Å². The van der Waals surface area contributed by atoms with Gasteiger partial charge in [-0.25, -0.2) is 9.59 Å². The standard InChI is InChI=1S/C34H31Cl2N7O9/c35-21-10-6-11-22(36)30(21)33(49)51-18-27(44)24(16-29(45)46)37-31(47)26-15-20-9-4-5-12-25(20)43(26)32(48)23(13-14-28-39-41-42-40-28)38-34(50)52-17-19-7-2-1-3-8-19/h1-12,23-24,26H,13-18H2,(H,37,47)(H,38,50)(H,45,46)(H,39,40,41,42)/t23-,24-,26-/m0/s1. The number of benzene rings is 3. The molecule has 4 N–H and O–H groups in total. The number of carboxylic acid groups (broad SMARTS) is 1. The predicted octanol–water partition coefficient (Wildman–Crippen LogP) is 3.08. The molecule has 3 amide bonds. The number of fused-ring (bicyclic) bond motifs is 1. The molecule has 1 aliphatic heterocycles. The minimum atomic E-state index is -1.65. The minimum absolute atomic E-state index is 0.00225. The highest BCUT2D eigenvalue weighted by Crippen LogP contribution is 2.33. The van der Waals surface area contributed by atoms with E-state index in [9.17, 15) is 33.9 Å². The molecule has 270 valence electrons. The van der Waals surface area contributed by atoms with Gasteiger partial charge < -0.3 is 25.2 Å². The van der Waals surface area contributed by atoms with Gasteiger partial charge in [0, 0.05) is 18.5 Å². The molecule has 3 atom stereocenters. The lowest BCUT2D eigenvalue weighted by molar-refractivity contribution is -0.141. The third-order valence-corrected chi connectivity index (χ3v) is 8.59. The van der Waals surface area contributed by atoms with Gasteiger partial charge in [0.05, 0.1) is 22.0 Å². The first-order valence-electron chi connectivity index (χ1n) is 15.8. The van der Waals surface area contributed by atoms with E-state index >= 15 is 0 Å². The van der Waals surface area contributed by atoms with Crippen LogP contribution in [0.1, 0.15) is 40.2 Å². The number of H-pyrrole nitrogens is 1. The number of carboxylic acids is 1. The first kappa shape index (κ1) is 37.4. The molecule has 0 aliphatic carbocycles. The van der Waals surface area contributed by atoms with Crippen molar-refractivity contribution in [3.8, 4) is 0 Å². The lowest BCUT2D eigenvalue weighted by Gasteiger charge is -2.30. The highest BCUT2D eigenvalue weighted by Gasteiger charge is 2.42. The predicted molar refractivity (Wildman–Crippen MR) is 183 cm³/mol. The van der Waals surface area contributed by atoms with E-state index in [2.05, 4.69) is 31.3 Å². The van der Waals surface area contributed by atoms with Crippen LogP contribution >= 0.6 is 23.2 Å². The molecule has 0 radical (unpaired) electrons. The molecular formula is C34H31Cl2N7O9. The van der Waals surface area contributed by atoms with Crippen molar-refractivity contribution in [1.82, 2.24) is 31.3 Å². The highest BCUT2D eigenvalue weighted by molar-refractivity contribution is 6.39. The molecule has 16 nitrogen and oxygen atoms in total. The maximum Gasteiger partial charge on any atom is 0.408 e. The number of halogens is 2. The molecule has 5 rings (SSSR count). The Labute approximate surface area is 305 Å². The van der Waals surface area contributed by atoms with Crippen molar-refractivity contribution in [3.63, 3.8) is 0 Å². The van der Waals surface area contributed by atoms with Gasteiger partial charge in [-0.15, -0.1) is 10.2 Å². The molecule has 0 saturated carbocycles. The Bertz CT molecular complexity index is 1930. The van der Waals surface area contributed by atoms with E-state index in [1.54, 1.807) is 48.5 Å². The number of tetrazole rings is 1. The van der Waals surface area contributed by atoms with Crippen LogP contribution in [-0.4, -0.2) is 86.1 Å². The van der Waals surface area contributed by atoms with Gasteiger partial charge in [-0.1, -0.05) is 83.0 Å². The summed E-state index contributed by atoms with van der Waals surface area (Å²) in [6.45, 7) is -0.991. The van der Waals surface area contributed by atoms with Gasteiger partial charge in [0.1, 0.15) is 24.7 Å². The van der Waals surface area contributed by atoms with E-state index in [4.69, 9.17) is 32.7 Å². The number of aromatic nitrogens is 4. The molecule has 4 aromatic rings. The Kier molecular flexibility index (Phi) is 12.5. The van der Waals surface area contributed by atoms with Crippen molar-refractivity contribution in [3.05, 3.63) is 105 Å². The summed E-state index contributed by atoms with van der Waals surface area (Å²) in [5.74, 6) is -4.71. The Hall–Kier alpha value is -5.87. The van der Waals surface area contributed by atoms with Gasteiger partial charge in [-0.3, -0.25) is 24.1 Å². The summed E-state index contributed by atoms with van der Waals surface area (Å²) >= 11 is 12.1. The summed E-state index contributed by atoms with van der Waals surface area (Å²) in [5, 5.41) is 28.1. The van der Waals surface area contributed by atoms with Crippen LogP contribution in [0.5, 0.6) is 0 Å². The first-order valence-corrected chi connectivity index (χ1v) is 16.5. The van der Waals surface area contributed by atoms with Gasteiger partial charge >= 0.3 is 18.0 Å². The molecule has 2 heterocycles. The number of carbonyl (C=O) groups is 6. The largest absolute Gasteiger partial charge is 0.481 e. The number of aliphatic carboxylic acids is 1. The van der Waals surface area contributed by atoms with Gasteiger partial charge in [0.2, 0.25) is 11.8 Å². The zero-order valence-electron chi connectivity index (χ0n) is 27.2. The number of alkyl carbamates (subject to hydrolysis) is 1. The number of nitrogens with zero attached hydrogens (tertiary/aromatic N) is 4. The maximum absolute atomic E-state index is 14.3. The summed E-state index contributed by atoms with van der Waals surface area (Å²) in [7, 11) is 0. The van der Waals surface area contributed by atoms with Crippen LogP contribution in [0.15, 0.2) is 72.8 Å². The fourth-order valence-electron chi connectivity index (χ4n) is 5.45. The van der Waals surface area contributed by atoms with Gasteiger partial charge in [-0.05, 0) is 35.7 Å². The SMILES string of the molecule is O=C(O)C[C@H](NC(=O)[C@@H]1Cc2ccccc2N1C(=O)[C@H](CCc1nn[nH]n1)NC(=O)OCc1ccccc1)C(=O)COC(=O)c1c(Cl)cccc1Cl. The van der Waals surface area contributed by atoms with Crippen molar-refractivity contribution >= 4 is 64.5 Å². The number of anilines is 1. The van der Waals surface area contributed by atoms with Crippen LogP contribution in [0.25, 0.3) is 0 Å². The molecule has 18 heteroatoms. The molecule has 0 fully saturated rings. The van der Waals surface area contributed by atoms with Crippen molar-refractivity contribution in [1.29, 1.82) is 0 Å². The molecule has 52 heavy (non-hydrogen) atoms. The van der Waals surface area contributed by atoms with Gasteiger partial charge in [0.15, 0.2) is 18.2 Å². The van der Waals surface area contributed by atoms with Gasteiger partial charge in [0.25, 0.3) is 0 Å². The maximum atomic E-state index is 14.3. The van der Waals surface area contributed by atoms with Crippen LogP contribution in [0.3, 0.4) is 0 Å². The topological polar surface area (TPSA) is 223 Å². The van der Waals surface area contributed by atoms with E-state index < -0.39 is 66.8 Å². The molecule has 1 aromatic heterocycles. The van der Waals surface area contributed by atoms with E-state index in [1.165, 1.54) is 23.1 Å². The number of hydrogen-bond acceptors (Lipinski definition) is 11. The number of esters is 1. The molecule has 0 saturated heterocycles. The Morgan fingerprint density at radius 2 is 1.62 bits per heavy atom. The summed E-state index contributed by atoms with van der Waals surface area (Å²) in [6, 6.07) is 15.7. The van der Waals surface area contributed by atoms with Crippen molar-refractivity contribution in [2.24, 2.45) is 0 Å². The number of ether oxygens (including phenoxy) is 2. The van der Waals surface area contributed by atoms with Crippen LogP contribution in [-0.2, 0) is 48.1 Å². The number of para-hydroxylation sites is 1. The monoisotopic (exact) mass is 751 g/mol. The van der Waals surface area contributed by atoms with Crippen molar-refractivity contribution in [2.75, 3.05) is 11.5 Å². The zero-order chi connectivity index (χ0) is 37.2.